The summed E-state index contributed by atoms with van der Waals surface area (Å²) in [6, 6.07) is 14.4. The second-order valence-electron chi connectivity index (χ2n) is 5.97. The fourth-order valence-electron chi connectivity index (χ4n) is 2.62. The summed E-state index contributed by atoms with van der Waals surface area (Å²) < 4.78 is 5.34. The fourth-order valence-corrected chi connectivity index (χ4v) is 2.82. The van der Waals surface area contributed by atoms with E-state index in [4.69, 9.17) is 27.2 Å². The van der Waals surface area contributed by atoms with Crippen molar-refractivity contribution in [3.05, 3.63) is 64.7 Å². The molecule has 0 aliphatic rings. The number of halogens is 1. The van der Waals surface area contributed by atoms with Crippen LogP contribution < -0.4 is 10.5 Å². The molecule has 4 nitrogen and oxygen atoms in total. The second kappa shape index (κ2) is 9.04. The summed E-state index contributed by atoms with van der Waals surface area (Å²) in [5.74, 6) is 0.812. The lowest BCUT2D eigenvalue weighted by atomic mass is 9.88. The van der Waals surface area contributed by atoms with Crippen molar-refractivity contribution in [1.82, 2.24) is 0 Å². The molecule has 2 rings (SSSR count). The van der Waals surface area contributed by atoms with E-state index in [0.29, 0.717) is 5.02 Å². The Morgan fingerprint density at radius 3 is 2.50 bits per heavy atom. The predicted molar refractivity (Wildman–Crippen MR) is 96.3 cm³/mol. The van der Waals surface area contributed by atoms with E-state index in [1.165, 1.54) is 0 Å². The van der Waals surface area contributed by atoms with Crippen molar-refractivity contribution in [3.63, 3.8) is 0 Å². The van der Waals surface area contributed by atoms with E-state index in [1.807, 2.05) is 43.3 Å². The number of aliphatic hydroxyl groups excluding tert-OH is 2. The Morgan fingerprint density at radius 1 is 1.17 bits per heavy atom. The first-order valence-electron chi connectivity index (χ1n) is 8.03. The van der Waals surface area contributed by atoms with Gasteiger partial charge in [0.1, 0.15) is 12.4 Å². The maximum Gasteiger partial charge on any atom is 0.119 e. The molecule has 2 aromatic carbocycles. The molecule has 0 heterocycles. The molecule has 0 spiro atoms. The van der Waals surface area contributed by atoms with E-state index in [1.54, 1.807) is 12.1 Å². The lowest BCUT2D eigenvalue weighted by molar-refractivity contribution is 0.121. The van der Waals surface area contributed by atoms with Gasteiger partial charge in [0.05, 0.1) is 12.7 Å². The van der Waals surface area contributed by atoms with Gasteiger partial charge in [-0.2, -0.15) is 0 Å². The summed E-state index contributed by atoms with van der Waals surface area (Å²) >= 11 is 5.97. The van der Waals surface area contributed by atoms with E-state index in [9.17, 15) is 5.11 Å². The second-order valence-corrected chi connectivity index (χ2v) is 6.41. The lowest BCUT2D eigenvalue weighted by Gasteiger charge is -2.25. The molecule has 5 heteroatoms. The Hall–Kier alpha value is -1.59. The zero-order chi connectivity index (χ0) is 17.5. The Balaban J connectivity index is 1.96. The summed E-state index contributed by atoms with van der Waals surface area (Å²) in [5, 5.41) is 19.8. The molecule has 0 saturated carbocycles. The largest absolute Gasteiger partial charge is 0.491 e. The molecular weight excluding hydrogens is 326 g/mol. The molecule has 3 atom stereocenters. The van der Waals surface area contributed by atoms with Gasteiger partial charge >= 0.3 is 0 Å². The van der Waals surface area contributed by atoms with Crippen molar-refractivity contribution >= 4 is 11.6 Å². The Labute approximate surface area is 147 Å². The van der Waals surface area contributed by atoms with Crippen molar-refractivity contribution in [3.8, 4) is 5.75 Å². The van der Waals surface area contributed by atoms with Crippen LogP contribution in [0, 0.1) is 5.92 Å². The molecule has 0 amide bonds. The topological polar surface area (TPSA) is 75.7 Å². The Kier molecular flexibility index (Phi) is 7.06. The molecule has 0 bridgehead atoms. The fraction of sp³-hybridized carbons (Fsp3) is 0.368. The van der Waals surface area contributed by atoms with E-state index >= 15 is 0 Å². The molecule has 0 aliphatic carbocycles. The van der Waals surface area contributed by atoms with Crippen molar-refractivity contribution in [2.45, 2.75) is 25.5 Å². The average molecular weight is 350 g/mol. The Bertz CT molecular complexity index is 633. The summed E-state index contributed by atoms with van der Waals surface area (Å²) in [4.78, 5) is 0. The van der Waals surface area contributed by atoms with E-state index in [0.717, 1.165) is 23.3 Å². The van der Waals surface area contributed by atoms with Crippen molar-refractivity contribution < 1.29 is 14.9 Å². The van der Waals surface area contributed by atoms with E-state index in [-0.39, 0.29) is 19.1 Å². The number of hydrogen-bond acceptors (Lipinski definition) is 4. The Morgan fingerprint density at radius 2 is 1.88 bits per heavy atom. The lowest BCUT2D eigenvalue weighted by Crippen LogP contribution is -2.36. The first-order valence-corrected chi connectivity index (χ1v) is 8.40. The smallest absolute Gasteiger partial charge is 0.119 e. The highest BCUT2D eigenvalue weighted by atomic mass is 35.5. The summed E-state index contributed by atoms with van der Waals surface area (Å²) in [6.07, 6.45) is -0.00938. The van der Waals surface area contributed by atoms with E-state index in [2.05, 4.69) is 0 Å². The van der Waals surface area contributed by atoms with Gasteiger partial charge in [0.2, 0.25) is 0 Å². The van der Waals surface area contributed by atoms with Gasteiger partial charge in [-0.15, -0.1) is 0 Å². The van der Waals surface area contributed by atoms with Crippen LogP contribution >= 0.6 is 11.6 Å². The first-order chi connectivity index (χ1) is 11.5. The maximum absolute atomic E-state index is 10.5. The van der Waals surface area contributed by atoms with Crippen molar-refractivity contribution in [1.29, 1.82) is 0 Å². The minimum Gasteiger partial charge on any atom is -0.491 e. The van der Waals surface area contributed by atoms with Crippen LogP contribution in [-0.4, -0.2) is 29.5 Å². The number of aliphatic hydroxyl groups is 2. The molecule has 0 aromatic heterocycles. The van der Waals surface area contributed by atoms with Gasteiger partial charge in [0.15, 0.2) is 0 Å². The predicted octanol–water partition coefficient (Wildman–Crippen LogP) is 2.95. The molecule has 0 saturated heterocycles. The molecular formula is C19H24ClNO3. The summed E-state index contributed by atoms with van der Waals surface area (Å²) in [7, 11) is 0. The molecule has 4 N–H and O–H groups in total. The van der Waals surface area contributed by atoms with Crippen molar-refractivity contribution in [2.75, 3.05) is 13.2 Å². The summed E-state index contributed by atoms with van der Waals surface area (Å²) in [6.45, 7) is 2.30. The third-order valence-corrected chi connectivity index (χ3v) is 4.29. The quantitative estimate of drug-likeness (QED) is 0.685. The number of ether oxygens (including phenoxy) is 1. The van der Waals surface area contributed by atoms with Crippen LogP contribution in [0.3, 0.4) is 0 Å². The van der Waals surface area contributed by atoms with Crippen molar-refractivity contribution in [2.24, 2.45) is 11.7 Å². The van der Waals surface area contributed by atoms with Crippen LogP contribution in [-0.2, 0) is 6.42 Å². The van der Waals surface area contributed by atoms with Crippen LogP contribution in [0.2, 0.25) is 5.02 Å². The zero-order valence-corrected chi connectivity index (χ0v) is 14.5. The summed E-state index contributed by atoms with van der Waals surface area (Å²) in [5.41, 5.74) is 8.09. The van der Waals surface area contributed by atoms with Crippen LogP contribution in [0.25, 0.3) is 0 Å². The number of rotatable bonds is 8. The van der Waals surface area contributed by atoms with Crippen LogP contribution in [0.4, 0.5) is 0 Å². The van der Waals surface area contributed by atoms with Gasteiger partial charge in [-0.05, 0) is 47.7 Å². The highest BCUT2D eigenvalue weighted by molar-refractivity contribution is 6.30. The van der Waals surface area contributed by atoms with Gasteiger partial charge in [-0.25, -0.2) is 0 Å². The van der Waals surface area contributed by atoms with Gasteiger partial charge in [-0.3, -0.25) is 0 Å². The SMILES string of the molecule is CC(Cc1ccc(OCCO)cc1)[C@@H](N)[C@H](O)c1cccc(Cl)c1. The number of benzene rings is 2. The van der Waals surface area contributed by atoms with Gasteiger partial charge in [0.25, 0.3) is 0 Å². The molecule has 0 radical (unpaired) electrons. The maximum atomic E-state index is 10.5. The van der Waals surface area contributed by atoms with Gasteiger partial charge in [-0.1, -0.05) is 42.8 Å². The normalized spacial score (nSPS) is 14.9. The highest BCUT2D eigenvalue weighted by Gasteiger charge is 2.23. The van der Waals surface area contributed by atoms with Crippen LogP contribution in [0.15, 0.2) is 48.5 Å². The molecule has 0 fully saturated rings. The average Bonchev–Trinajstić information content (AvgIpc) is 2.59. The molecule has 130 valence electrons. The minimum absolute atomic E-state index is 0.00493. The third kappa shape index (κ3) is 5.21. The monoisotopic (exact) mass is 349 g/mol. The molecule has 2 aromatic rings. The number of nitrogens with two attached hydrogens (primary N) is 1. The standard InChI is InChI=1S/C19H24ClNO3/c1-13(11-14-5-7-17(8-6-14)24-10-9-22)18(21)19(23)15-3-2-4-16(20)12-15/h2-8,12-13,18-19,22-23H,9-11,21H2,1H3/t13?,18-,19-/m1/s1. The molecule has 0 aliphatic heterocycles. The molecule has 1 unspecified atom stereocenters. The first kappa shape index (κ1) is 18.7. The molecule has 24 heavy (non-hydrogen) atoms. The van der Waals surface area contributed by atoms with E-state index < -0.39 is 12.1 Å². The highest BCUT2D eigenvalue weighted by Crippen LogP contribution is 2.25. The minimum atomic E-state index is -0.758. The van der Waals surface area contributed by atoms with Gasteiger partial charge in [0, 0.05) is 11.1 Å². The van der Waals surface area contributed by atoms with Crippen LogP contribution in [0.5, 0.6) is 5.75 Å². The third-order valence-electron chi connectivity index (χ3n) is 4.05. The zero-order valence-electron chi connectivity index (χ0n) is 13.7. The number of hydrogen-bond donors (Lipinski definition) is 3. The van der Waals surface area contributed by atoms with Crippen LogP contribution in [0.1, 0.15) is 24.2 Å². The van der Waals surface area contributed by atoms with Gasteiger partial charge < -0.3 is 20.7 Å².